The second-order valence-corrected chi connectivity index (χ2v) is 15.2. The number of nitrogens with one attached hydrogen (secondary N) is 4. The number of hydrogen-bond donors (Lipinski definition) is 5. The lowest BCUT2D eigenvalue weighted by Gasteiger charge is -2.02. The van der Waals surface area contributed by atoms with Crippen molar-refractivity contribution in [2.45, 2.75) is 196 Å². The van der Waals surface area contributed by atoms with Crippen LogP contribution in [0.3, 0.4) is 0 Å². The van der Waals surface area contributed by atoms with Crippen molar-refractivity contribution in [2.24, 2.45) is 23.7 Å². The highest BCUT2D eigenvalue weighted by Crippen LogP contribution is 2.37. The number of rotatable bonds is 13. The van der Waals surface area contributed by atoms with Crippen LogP contribution in [0.5, 0.6) is 0 Å². The molecule has 5 N–H and O–H groups in total. The number of nitrogens with zero attached hydrogens (tertiary/aromatic N) is 3. The minimum atomic E-state index is -0.102. The van der Waals surface area contributed by atoms with Gasteiger partial charge in [0.1, 0.15) is 18.2 Å². The molecular formula is C46H97N7O7. The van der Waals surface area contributed by atoms with Gasteiger partial charge in [0.25, 0.3) is 5.95 Å². The molecule has 1 aliphatic carbocycles. The molecule has 2 rings (SSSR count). The van der Waals surface area contributed by atoms with Gasteiger partial charge in [-0.3, -0.25) is 19.2 Å². The van der Waals surface area contributed by atoms with Crippen LogP contribution in [0.15, 0.2) is 24.3 Å². The van der Waals surface area contributed by atoms with Gasteiger partial charge in [-0.2, -0.15) is 5.21 Å². The van der Waals surface area contributed by atoms with Gasteiger partial charge >= 0.3 is 0 Å². The lowest BCUT2D eigenvalue weighted by atomic mass is 10.2. The first-order valence-corrected chi connectivity index (χ1v) is 21.2. The van der Waals surface area contributed by atoms with E-state index in [1.807, 2.05) is 62.3 Å². The molecule has 0 aromatic carbocycles. The summed E-state index contributed by atoms with van der Waals surface area (Å²) in [7, 11) is 1.50. The van der Waals surface area contributed by atoms with Crippen molar-refractivity contribution in [3.8, 4) is 0 Å². The fourth-order valence-corrected chi connectivity index (χ4v) is 3.84. The van der Waals surface area contributed by atoms with E-state index < -0.39 is 0 Å². The quantitative estimate of drug-likeness (QED) is 0.118. The Hall–Kier alpha value is -3.78. The summed E-state index contributed by atoms with van der Waals surface area (Å²) in [6, 6.07) is 0.551. The molecular weight excluding hydrogens is 763 g/mol. The minimum absolute atomic E-state index is 0. The van der Waals surface area contributed by atoms with Gasteiger partial charge in [0.05, 0.1) is 6.10 Å². The second kappa shape index (κ2) is 55.2. The van der Waals surface area contributed by atoms with Crippen LogP contribution < -0.4 is 16.0 Å². The van der Waals surface area contributed by atoms with Gasteiger partial charge < -0.3 is 30.6 Å². The van der Waals surface area contributed by atoms with Gasteiger partial charge in [-0.15, -0.1) is 5.10 Å². The molecule has 358 valence electrons. The number of aliphatic hydroxyl groups excluding tert-OH is 1. The van der Waals surface area contributed by atoms with E-state index in [4.69, 9.17) is 5.11 Å². The van der Waals surface area contributed by atoms with E-state index in [1.165, 1.54) is 27.9 Å². The van der Waals surface area contributed by atoms with Crippen molar-refractivity contribution in [3.05, 3.63) is 24.3 Å². The topological polar surface area (TPSA) is 205 Å². The average Bonchev–Trinajstić information content (AvgIpc) is 3.58. The molecule has 14 nitrogen and oxygen atoms in total. The minimum Gasteiger partial charge on any atom is -0.393 e. The Kier molecular flexibility index (Phi) is 67.9. The molecule has 0 aliphatic heterocycles. The molecule has 0 radical (unpaired) electrons. The Morgan fingerprint density at radius 1 is 0.783 bits per heavy atom. The summed E-state index contributed by atoms with van der Waals surface area (Å²) in [6.45, 7) is 39.3. The Morgan fingerprint density at radius 3 is 1.27 bits per heavy atom. The first-order valence-electron chi connectivity index (χ1n) is 21.2. The molecule has 1 aromatic heterocycles. The zero-order chi connectivity index (χ0) is 47.9. The number of aliphatic hydroxyl groups is 1. The van der Waals surface area contributed by atoms with Gasteiger partial charge in [0, 0.05) is 51.9 Å². The van der Waals surface area contributed by atoms with Crippen LogP contribution in [-0.2, 0) is 28.7 Å². The number of allylic oxidation sites excluding steroid dienone is 4. The standard InChI is InChI=1S/C6H10O.2C6H12.2C5H11NO.C5H12O.C5H10O.C4H8O2.C3H7N5.CH4/c1-4-3-6(4)5(2)7;2*1-4-5-6(2)3;2*1-4(2)6-5(3)7;2*1-3-4-5(2)6;1-4(5)3-6-2;1-2-4-3-5-7-8-6-3;/h4,6H,3H2,1-2H3;2*4-6H,1-3H3;2*4H,1-3H3,(H,6,7);5-6H,3-4H2,1-2H3;3-4H2,1-2H3;3H2,1-2H3;2H2,1H3,(H2,4,5,6,7,8);1H4. The van der Waals surface area contributed by atoms with Crippen molar-refractivity contribution in [1.29, 1.82) is 0 Å². The molecule has 0 bridgehead atoms. The van der Waals surface area contributed by atoms with Crippen molar-refractivity contribution in [1.82, 2.24) is 31.3 Å². The van der Waals surface area contributed by atoms with Crippen molar-refractivity contribution in [3.63, 3.8) is 0 Å². The number of hydrogen-bond acceptors (Lipinski definition) is 11. The van der Waals surface area contributed by atoms with Gasteiger partial charge in [-0.05, 0) is 118 Å². The maximum Gasteiger partial charge on any atom is 0.263 e. The van der Waals surface area contributed by atoms with Gasteiger partial charge in [0.2, 0.25) is 11.8 Å². The molecule has 1 aromatic rings. The number of Topliss-reactive ketones (excluding diaryl/α,β-unsaturated/α-hetero) is 3. The molecule has 1 aliphatic rings. The van der Waals surface area contributed by atoms with Gasteiger partial charge in [-0.25, -0.2) is 0 Å². The number of H-pyrrole nitrogens is 1. The molecule has 14 heteroatoms. The molecule has 1 fully saturated rings. The summed E-state index contributed by atoms with van der Waals surface area (Å²) in [5.41, 5.74) is 0. The smallest absolute Gasteiger partial charge is 0.263 e. The Morgan fingerprint density at radius 2 is 1.20 bits per heavy atom. The maximum atomic E-state index is 10.4. The predicted octanol–water partition coefficient (Wildman–Crippen LogP) is 9.76. The number of methoxy groups -OCH3 is 1. The summed E-state index contributed by atoms with van der Waals surface area (Å²) >= 11 is 0. The van der Waals surface area contributed by atoms with Crippen LogP contribution in [0, 0.1) is 23.7 Å². The summed E-state index contributed by atoms with van der Waals surface area (Å²) in [5, 5.41) is 29.7. The van der Waals surface area contributed by atoms with Gasteiger partial charge in [-0.1, -0.05) is 91.7 Å². The number of anilines is 1. The number of ketones is 3. The zero-order valence-corrected chi connectivity index (χ0v) is 41.5. The Balaban J connectivity index is -0.0000000845. The van der Waals surface area contributed by atoms with Crippen LogP contribution >= 0.6 is 0 Å². The number of carbonyl (C=O) groups excluding carboxylic acids is 5. The van der Waals surface area contributed by atoms with E-state index in [-0.39, 0.29) is 55.6 Å². The van der Waals surface area contributed by atoms with Crippen molar-refractivity contribution < 1.29 is 33.8 Å². The van der Waals surface area contributed by atoms with E-state index >= 15 is 0 Å². The number of aromatic nitrogens is 4. The second-order valence-electron chi connectivity index (χ2n) is 15.2. The summed E-state index contributed by atoms with van der Waals surface area (Å²) in [5.74, 6) is 3.91. The van der Waals surface area contributed by atoms with Crippen LogP contribution in [-0.4, -0.2) is 93.3 Å². The maximum absolute atomic E-state index is 10.4. The normalized spacial score (nSPS) is 13.2. The van der Waals surface area contributed by atoms with Crippen LogP contribution in [0.1, 0.15) is 178 Å². The summed E-state index contributed by atoms with van der Waals surface area (Å²) in [6.07, 6.45) is 13.2. The highest BCUT2D eigenvalue weighted by Gasteiger charge is 2.36. The number of tetrazole rings is 1. The van der Waals surface area contributed by atoms with E-state index in [2.05, 4.69) is 107 Å². The van der Waals surface area contributed by atoms with E-state index in [0.29, 0.717) is 23.6 Å². The first kappa shape index (κ1) is 73.7. The van der Waals surface area contributed by atoms with E-state index in [1.54, 1.807) is 13.8 Å². The molecule has 0 spiro atoms. The monoisotopic (exact) mass is 860 g/mol. The summed E-state index contributed by atoms with van der Waals surface area (Å²) in [4.78, 5) is 50.7. The number of carbonyl (C=O) groups is 5. The van der Waals surface area contributed by atoms with Gasteiger partial charge in [0.15, 0.2) is 5.78 Å². The molecule has 3 unspecified atom stereocenters. The third kappa shape index (κ3) is 99.8. The molecule has 1 heterocycles. The highest BCUT2D eigenvalue weighted by molar-refractivity contribution is 5.81. The third-order valence-corrected chi connectivity index (χ3v) is 6.11. The highest BCUT2D eigenvalue weighted by atomic mass is 16.5. The molecule has 3 atom stereocenters. The van der Waals surface area contributed by atoms with Crippen LogP contribution in [0.25, 0.3) is 0 Å². The summed E-state index contributed by atoms with van der Waals surface area (Å²) < 4.78 is 4.45. The third-order valence-electron chi connectivity index (χ3n) is 6.11. The molecule has 1 saturated carbocycles. The predicted molar refractivity (Wildman–Crippen MR) is 255 cm³/mol. The van der Waals surface area contributed by atoms with Crippen LogP contribution in [0.2, 0.25) is 0 Å². The molecule has 60 heavy (non-hydrogen) atoms. The molecule has 2 amide bonds. The number of ether oxygens (including phenoxy) is 1. The lowest BCUT2D eigenvalue weighted by Crippen LogP contribution is -2.27. The average molecular weight is 860 g/mol. The zero-order valence-electron chi connectivity index (χ0n) is 41.5. The van der Waals surface area contributed by atoms with Crippen molar-refractivity contribution >= 4 is 35.1 Å². The van der Waals surface area contributed by atoms with Crippen molar-refractivity contribution in [2.75, 3.05) is 25.6 Å². The Labute approximate surface area is 369 Å². The SMILES string of the molecule is C.CC(=O)C1CC1C.CC(=O)NC(C)C.CC(=O)NC(C)C.CC=CC(C)C.CC=CC(C)C.CCCC(C)=O.CCCC(C)O.CCNc1nn[nH]n1.COCC(C)=O. The number of aromatic amines is 1. The van der Waals surface area contributed by atoms with E-state index in [0.717, 1.165) is 50.5 Å². The fraction of sp³-hybridized carbons (Fsp3) is 0.783. The molecule has 0 saturated heterocycles. The lowest BCUT2D eigenvalue weighted by molar-refractivity contribution is -0.121. The largest absolute Gasteiger partial charge is 0.393 e. The Bertz CT molecular complexity index is 1080. The fourth-order valence-electron chi connectivity index (χ4n) is 3.84. The van der Waals surface area contributed by atoms with Crippen LogP contribution in [0.4, 0.5) is 5.95 Å². The van der Waals surface area contributed by atoms with E-state index in [9.17, 15) is 24.0 Å². The first-order chi connectivity index (χ1) is 27.2. The number of amides is 2.